The Labute approximate surface area is 62.9 Å². The van der Waals surface area contributed by atoms with Gasteiger partial charge in [0.15, 0.2) is 0 Å². The number of nitrogens with zero attached hydrogens (tertiary/aromatic N) is 2. The molecular formula is C4H5Cl2N3. The van der Waals surface area contributed by atoms with Crippen LogP contribution in [0.1, 0.15) is 0 Å². The lowest BCUT2D eigenvalue weighted by atomic mass is 10.7. The molecule has 0 amide bonds. The molecule has 0 radical (unpaired) electrons. The van der Waals surface area contributed by atoms with Crippen LogP contribution in [0.2, 0.25) is 5.28 Å². The highest BCUT2D eigenvalue weighted by molar-refractivity contribution is 6.28. The summed E-state index contributed by atoms with van der Waals surface area (Å²) in [6.45, 7) is 0. The molecule has 1 aromatic heterocycles. The molecule has 0 atom stereocenters. The van der Waals surface area contributed by atoms with Crippen molar-refractivity contribution in [1.29, 1.82) is 0 Å². The Balaban J connectivity index is 0.000000291. The van der Waals surface area contributed by atoms with Crippen LogP contribution in [0.5, 0.6) is 0 Å². The summed E-state index contributed by atoms with van der Waals surface area (Å²) in [6.07, 6.45) is 3.19. The lowest BCUT2D eigenvalue weighted by molar-refractivity contribution is 1.17. The van der Waals surface area contributed by atoms with Crippen LogP contribution < -0.4 is 5.25 Å². The first-order valence-corrected chi connectivity index (χ1v) is 2.85. The highest BCUT2D eigenvalue weighted by atomic mass is 35.5. The third kappa shape index (κ3) is 4.14. The molecule has 0 aliphatic carbocycles. The van der Waals surface area contributed by atoms with E-state index < -0.39 is 0 Å². The van der Waals surface area contributed by atoms with Crippen molar-refractivity contribution in [2.24, 2.45) is 5.25 Å². The zero-order valence-corrected chi connectivity index (χ0v) is 5.97. The fraction of sp³-hybridized carbons (Fsp3) is 0. The Kier molecular flexibility index (Phi) is 5.51. The summed E-state index contributed by atoms with van der Waals surface area (Å²) >= 11 is 9.46. The van der Waals surface area contributed by atoms with E-state index in [4.69, 9.17) is 11.6 Å². The molecular weight excluding hydrogens is 161 g/mol. The largest absolute Gasteiger partial charge is 0.247 e. The molecule has 3 nitrogen and oxygen atoms in total. The second-order valence-electron chi connectivity index (χ2n) is 1.02. The molecule has 50 valence electrons. The molecule has 0 spiro atoms. The van der Waals surface area contributed by atoms with Gasteiger partial charge >= 0.3 is 0 Å². The van der Waals surface area contributed by atoms with Gasteiger partial charge in [0.25, 0.3) is 0 Å². The van der Waals surface area contributed by atoms with Crippen LogP contribution in [-0.2, 0) is 0 Å². The number of nitrogens with two attached hydrogens (primary N) is 1. The van der Waals surface area contributed by atoms with E-state index in [-0.39, 0.29) is 0 Å². The van der Waals surface area contributed by atoms with Crippen molar-refractivity contribution in [2.45, 2.75) is 0 Å². The lowest BCUT2D eigenvalue weighted by Crippen LogP contribution is -1.73. The summed E-state index contributed by atoms with van der Waals surface area (Å²) in [5.74, 6) is 0. The van der Waals surface area contributed by atoms with Gasteiger partial charge < -0.3 is 0 Å². The zero-order valence-electron chi connectivity index (χ0n) is 4.46. The van der Waals surface area contributed by atoms with Gasteiger partial charge in [-0.1, -0.05) is 0 Å². The summed E-state index contributed by atoms with van der Waals surface area (Å²) in [6, 6.07) is 1.71. The smallest absolute Gasteiger partial charge is 0.222 e. The second-order valence-corrected chi connectivity index (χ2v) is 1.36. The Morgan fingerprint density at radius 1 is 1.22 bits per heavy atom. The molecule has 9 heavy (non-hydrogen) atoms. The monoisotopic (exact) mass is 165 g/mol. The maximum Gasteiger partial charge on any atom is 0.222 e. The van der Waals surface area contributed by atoms with Crippen molar-refractivity contribution >= 4 is 23.4 Å². The maximum atomic E-state index is 5.32. The SMILES string of the molecule is Clc1ncccn1.NCl. The van der Waals surface area contributed by atoms with Gasteiger partial charge in [0.1, 0.15) is 0 Å². The van der Waals surface area contributed by atoms with Crippen molar-refractivity contribution in [3.05, 3.63) is 23.7 Å². The van der Waals surface area contributed by atoms with E-state index >= 15 is 0 Å². The standard InChI is InChI=1S/C4H3ClN2.ClH2N/c5-4-6-2-1-3-7-4;1-2/h1-3H;2H2. The summed E-state index contributed by atoms with van der Waals surface area (Å²) < 4.78 is 0. The van der Waals surface area contributed by atoms with E-state index in [1.807, 2.05) is 0 Å². The first kappa shape index (κ1) is 8.62. The van der Waals surface area contributed by atoms with Crippen LogP contribution in [0.15, 0.2) is 18.5 Å². The second kappa shape index (κ2) is 5.75. The minimum absolute atomic E-state index is 0.294. The summed E-state index contributed by atoms with van der Waals surface area (Å²) in [5, 5.41) is 4.27. The molecule has 2 N–H and O–H groups in total. The topological polar surface area (TPSA) is 51.8 Å². The Morgan fingerprint density at radius 2 is 1.67 bits per heavy atom. The molecule has 0 fully saturated rings. The molecule has 0 aliphatic rings. The average molecular weight is 166 g/mol. The Hall–Kier alpha value is -0.380. The molecule has 1 aromatic rings. The number of halogens is 2. The average Bonchev–Trinajstić information content (AvgIpc) is 1.94. The minimum atomic E-state index is 0.294. The van der Waals surface area contributed by atoms with Gasteiger partial charge in [-0.05, 0) is 29.4 Å². The minimum Gasteiger partial charge on any atom is -0.247 e. The van der Waals surface area contributed by atoms with Crippen molar-refractivity contribution in [3.63, 3.8) is 0 Å². The molecule has 1 heterocycles. The summed E-state index contributed by atoms with van der Waals surface area (Å²) in [5.41, 5.74) is 0. The van der Waals surface area contributed by atoms with E-state index in [9.17, 15) is 0 Å². The fourth-order valence-corrected chi connectivity index (χ4v) is 0.394. The molecule has 0 aliphatic heterocycles. The first-order valence-electron chi connectivity index (χ1n) is 2.04. The Bertz CT molecular complexity index is 144. The molecule has 0 aromatic carbocycles. The van der Waals surface area contributed by atoms with Crippen LogP contribution in [0.3, 0.4) is 0 Å². The number of rotatable bonds is 0. The Morgan fingerprint density at radius 3 is 1.89 bits per heavy atom. The fourth-order valence-electron chi connectivity index (χ4n) is 0.281. The predicted octanol–water partition coefficient (Wildman–Crippen LogP) is 1.23. The molecule has 0 saturated heterocycles. The summed E-state index contributed by atoms with van der Waals surface area (Å²) in [7, 11) is 0. The van der Waals surface area contributed by atoms with Crippen molar-refractivity contribution in [1.82, 2.24) is 9.97 Å². The highest BCUT2D eigenvalue weighted by Gasteiger charge is 1.78. The third-order valence-electron chi connectivity index (χ3n) is 0.534. The summed E-state index contributed by atoms with van der Waals surface area (Å²) in [4.78, 5) is 7.27. The molecule has 1 rings (SSSR count). The molecule has 0 unspecified atom stereocenters. The van der Waals surface area contributed by atoms with Crippen LogP contribution in [0, 0.1) is 0 Å². The maximum absolute atomic E-state index is 5.32. The quantitative estimate of drug-likeness (QED) is 0.465. The van der Waals surface area contributed by atoms with E-state index in [2.05, 4.69) is 27.0 Å². The zero-order chi connectivity index (χ0) is 7.11. The first-order chi connectivity index (χ1) is 4.39. The van der Waals surface area contributed by atoms with Crippen molar-refractivity contribution in [3.8, 4) is 0 Å². The van der Waals surface area contributed by atoms with Crippen LogP contribution in [0.4, 0.5) is 0 Å². The van der Waals surface area contributed by atoms with E-state index in [0.717, 1.165) is 0 Å². The van der Waals surface area contributed by atoms with Crippen molar-refractivity contribution in [2.75, 3.05) is 0 Å². The van der Waals surface area contributed by atoms with Gasteiger partial charge in [-0.2, -0.15) is 0 Å². The molecule has 5 heteroatoms. The lowest BCUT2D eigenvalue weighted by Gasteiger charge is -1.78. The number of hydrogen-bond donors (Lipinski definition) is 1. The van der Waals surface area contributed by atoms with Gasteiger partial charge in [-0.15, -0.1) is 0 Å². The number of hydrogen-bond acceptors (Lipinski definition) is 3. The predicted molar refractivity (Wildman–Crippen MR) is 37.1 cm³/mol. The van der Waals surface area contributed by atoms with E-state index in [0.29, 0.717) is 5.28 Å². The van der Waals surface area contributed by atoms with Crippen LogP contribution >= 0.6 is 23.4 Å². The van der Waals surface area contributed by atoms with Gasteiger partial charge in [0.2, 0.25) is 5.28 Å². The highest BCUT2D eigenvalue weighted by Crippen LogP contribution is 1.92. The van der Waals surface area contributed by atoms with Gasteiger partial charge in [0, 0.05) is 12.4 Å². The normalized spacial score (nSPS) is 7.44. The van der Waals surface area contributed by atoms with Crippen LogP contribution in [0.25, 0.3) is 0 Å². The number of aromatic nitrogens is 2. The molecule has 0 saturated carbocycles. The van der Waals surface area contributed by atoms with Gasteiger partial charge in [-0.25, -0.2) is 15.2 Å². The third-order valence-corrected chi connectivity index (χ3v) is 0.729. The van der Waals surface area contributed by atoms with E-state index in [1.54, 1.807) is 18.5 Å². The molecule has 0 bridgehead atoms. The van der Waals surface area contributed by atoms with Crippen LogP contribution in [-0.4, -0.2) is 9.97 Å². The van der Waals surface area contributed by atoms with Crippen molar-refractivity contribution < 1.29 is 0 Å². The van der Waals surface area contributed by atoms with E-state index in [1.165, 1.54) is 0 Å². The van der Waals surface area contributed by atoms with Gasteiger partial charge in [-0.3, -0.25) is 0 Å². The van der Waals surface area contributed by atoms with Gasteiger partial charge in [0.05, 0.1) is 0 Å².